The highest BCUT2D eigenvalue weighted by atomic mass is 35.5. The Morgan fingerprint density at radius 3 is 2.72 bits per heavy atom. The summed E-state index contributed by atoms with van der Waals surface area (Å²) in [6.07, 6.45) is 0.576. The topological polar surface area (TPSA) is 54.0 Å². The number of piperazine rings is 1. The van der Waals surface area contributed by atoms with Gasteiger partial charge in [0, 0.05) is 45.7 Å². The van der Waals surface area contributed by atoms with E-state index in [2.05, 4.69) is 17.1 Å². The minimum atomic E-state index is 0. The summed E-state index contributed by atoms with van der Waals surface area (Å²) >= 11 is 0. The molecule has 1 N–H and O–H groups in total. The molecule has 0 spiro atoms. The molecule has 1 aromatic rings. The standard InChI is InChI=1S/C18H27N3O3.ClH/c1-2-20(10-7-18(22)21-11-8-19-9-12-21)13-15-14-23-16-5-3-4-6-17(16)24-15;/h3-6,15,19H,2,7-14H2,1H3;1H. The van der Waals surface area contributed by atoms with Crippen LogP contribution in [0.25, 0.3) is 0 Å². The van der Waals surface area contributed by atoms with Crippen LogP contribution >= 0.6 is 12.4 Å². The normalized spacial score (nSPS) is 19.4. The molecule has 0 saturated carbocycles. The zero-order valence-electron chi connectivity index (χ0n) is 14.8. The van der Waals surface area contributed by atoms with Crippen LogP contribution in [-0.4, -0.2) is 74.2 Å². The molecule has 6 nitrogen and oxygen atoms in total. The lowest BCUT2D eigenvalue weighted by molar-refractivity contribution is -0.132. The molecule has 1 unspecified atom stereocenters. The molecule has 1 saturated heterocycles. The van der Waals surface area contributed by atoms with E-state index in [4.69, 9.17) is 9.47 Å². The molecule has 0 aliphatic carbocycles. The van der Waals surface area contributed by atoms with E-state index in [-0.39, 0.29) is 24.4 Å². The van der Waals surface area contributed by atoms with Crippen molar-refractivity contribution in [3.8, 4) is 11.5 Å². The number of benzene rings is 1. The zero-order chi connectivity index (χ0) is 16.8. The van der Waals surface area contributed by atoms with Gasteiger partial charge in [-0.15, -0.1) is 12.4 Å². The van der Waals surface area contributed by atoms with Crippen LogP contribution in [0.2, 0.25) is 0 Å². The van der Waals surface area contributed by atoms with E-state index in [1.54, 1.807) is 0 Å². The Kier molecular flexibility index (Phi) is 7.81. The molecule has 3 rings (SSSR count). The van der Waals surface area contributed by atoms with Crippen molar-refractivity contribution in [2.75, 3.05) is 52.4 Å². The molecular formula is C18H28ClN3O3. The lowest BCUT2D eigenvalue weighted by Crippen LogP contribution is -2.47. The number of ether oxygens (including phenoxy) is 2. The van der Waals surface area contributed by atoms with Crippen LogP contribution in [0.1, 0.15) is 13.3 Å². The Labute approximate surface area is 155 Å². The van der Waals surface area contributed by atoms with Gasteiger partial charge in [-0.2, -0.15) is 0 Å². The van der Waals surface area contributed by atoms with Crippen molar-refractivity contribution >= 4 is 18.3 Å². The number of likely N-dealkylation sites (N-methyl/N-ethyl adjacent to an activating group) is 1. The number of para-hydroxylation sites is 2. The quantitative estimate of drug-likeness (QED) is 0.821. The number of hydrogen-bond donors (Lipinski definition) is 1. The molecule has 0 radical (unpaired) electrons. The van der Waals surface area contributed by atoms with Gasteiger partial charge in [0.25, 0.3) is 0 Å². The number of hydrogen-bond acceptors (Lipinski definition) is 5. The van der Waals surface area contributed by atoms with Gasteiger partial charge >= 0.3 is 0 Å². The molecule has 1 amide bonds. The minimum absolute atomic E-state index is 0. The molecule has 0 bridgehead atoms. The molecule has 140 valence electrons. The first-order valence-corrected chi connectivity index (χ1v) is 8.85. The number of fused-ring (bicyclic) bond motifs is 1. The van der Waals surface area contributed by atoms with Crippen LogP contribution < -0.4 is 14.8 Å². The van der Waals surface area contributed by atoms with Crippen molar-refractivity contribution in [2.24, 2.45) is 0 Å². The molecule has 0 aromatic heterocycles. The number of nitrogens with one attached hydrogen (secondary N) is 1. The number of carbonyl (C=O) groups is 1. The molecule has 2 heterocycles. The first-order chi connectivity index (χ1) is 11.8. The first kappa shape index (κ1) is 19.8. The van der Waals surface area contributed by atoms with Gasteiger partial charge in [0.2, 0.25) is 5.91 Å². The number of nitrogens with zero attached hydrogens (tertiary/aromatic N) is 2. The fourth-order valence-corrected chi connectivity index (χ4v) is 3.15. The maximum atomic E-state index is 12.3. The average Bonchev–Trinajstić information content (AvgIpc) is 2.65. The van der Waals surface area contributed by atoms with Crippen molar-refractivity contribution in [1.82, 2.24) is 15.1 Å². The summed E-state index contributed by atoms with van der Waals surface area (Å²) in [6.45, 7) is 8.55. The van der Waals surface area contributed by atoms with Gasteiger partial charge < -0.3 is 19.7 Å². The fraction of sp³-hybridized carbons (Fsp3) is 0.611. The average molecular weight is 370 g/mol. The van der Waals surface area contributed by atoms with Gasteiger partial charge in [0.05, 0.1) is 0 Å². The van der Waals surface area contributed by atoms with E-state index < -0.39 is 0 Å². The van der Waals surface area contributed by atoms with Gasteiger partial charge in [-0.25, -0.2) is 0 Å². The van der Waals surface area contributed by atoms with Crippen LogP contribution in [0.5, 0.6) is 11.5 Å². The van der Waals surface area contributed by atoms with E-state index in [9.17, 15) is 4.79 Å². The highest BCUT2D eigenvalue weighted by molar-refractivity contribution is 5.85. The molecule has 25 heavy (non-hydrogen) atoms. The van der Waals surface area contributed by atoms with Crippen LogP contribution in [-0.2, 0) is 4.79 Å². The number of amides is 1. The molecule has 1 fully saturated rings. The van der Waals surface area contributed by atoms with Crippen molar-refractivity contribution in [3.05, 3.63) is 24.3 Å². The van der Waals surface area contributed by atoms with E-state index in [0.717, 1.165) is 57.3 Å². The molecule has 7 heteroatoms. The first-order valence-electron chi connectivity index (χ1n) is 8.85. The Hall–Kier alpha value is -1.50. The Balaban J connectivity index is 0.00000225. The SMILES string of the molecule is CCN(CCC(=O)N1CCNCC1)CC1COc2ccccc2O1.Cl. The van der Waals surface area contributed by atoms with E-state index in [1.165, 1.54) is 0 Å². The monoisotopic (exact) mass is 369 g/mol. The third kappa shape index (κ3) is 5.49. The molecule has 2 aliphatic rings. The smallest absolute Gasteiger partial charge is 0.223 e. The lowest BCUT2D eigenvalue weighted by atomic mass is 10.2. The Morgan fingerprint density at radius 1 is 1.28 bits per heavy atom. The minimum Gasteiger partial charge on any atom is -0.486 e. The second kappa shape index (κ2) is 9.85. The maximum absolute atomic E-state index is 12.3. The molecule has 1 aromatic carbocycles. The second-order valence-electron chi connectivity index (χ2n) is 6.27. The highest BCUT2D eigenvalue weighted by Crippen LogP contribution is 2.30. The highest BCUT2D eigenvalue weighted by Gasteiger charge is 2.23. The molecule has 2 aliphatic heterocycles. The van der Waals surface area contributed by atoms with Crippen molar-refractivity contribution in [2.45, 2.75) is 19.4 Å². The maximum Gasteiger partial charge on any atom is 0.223 e. The summed E-state index contributed by atoms with van der Waals surface area (Å²) < 4.78 is 11.8. The lowest BCUT2D eigenvalue weighted by Gasteiger charge is -2.32. The van der Waals surface area contributed by atoms with E-state index in [0.29, 0.717) is 13.0 Å². The third-order valence-electron chi connectivity index (χ3n) is 4.59. The van der Waals surface area contributed by atoms with Gasteiger partial charge in [-0.3, -0.25) is 9.69 Å². The van der Waals surface area contributed by atoms with Crippen LogP contribution in [0.4, 0.5) is 0 Å². The van der Waals surface area contributed by atoms with Gasteiger partial charge in [-0.1, -0.05) is 19.1 Å². The summed E-state index contributed by atoms with van der Waals surface area (Å²) in [6, 6.07) is 7.76. The second-order valence-corrected chi connectivity index (χ2v) is 6.27. The molecular weight excluding hydrogens is 342 g/mol. The van der Waals surface area contributed by atoms with E-state index >= 15 is 0 Å². The number of halogens is 1. The van der Waals surface area contributed by atoms with Crippen molar-refractivity contribution in [3.63, 3.8) is 0 Å². The largest absolute Gasteiger partial charge is 0.486 e. The summed E-state index contributed by atoms with van der Waals surface area (Å²) in [7, 11) is 0. The summed E-state index contributed by atoms with van der Waals surface area (Å²) in [4.78, 5) is 16.5. The Morgan fingerprint density at radius 2 is 2.00 bits per heavy atom. The summed E-state index contributed by atoms with van der Waals surface area (Å²) in [5, 5.41) is 3.27. The predicted molar refractivity (Wildman–Crippen MR) is 99.8 cm³/mol. The third-order valence-corrected chi connectivity index (χ3v) is 4.59. The molecule has 1 atom stereocenters. The predicted octanol–water partition coefficient (Wildman–Crippen LogP) is 1.39. The Bertz CT molecular complexity index is 552. The van der Waals surface area contributed by atoms with Crippen LogP contribution in [0.15, 0.2) is 24.3 Å². The van der Waals surface area contributed by atoms with Crippen molar-refractivity contribution < 1.29 is 14.3 Å². The van der Waals surface area contributed by atoms with Gasteiger partial charge in [-0.05, 0) is 18.7 Å². The summed E-state index contributed by atoms with van der Waals surface area (Å²) in [5.74, 6) is 1.87. The van der Waals surface area contributed by atoms with Crippen LogP contribution in [0, 0.1) is 0 Å². The van der Waals surface area contributed by atoms with Gasteiger partial charge in [0.15, 0.2) is 11.5 Å². The zero-order valence-corrected chi connectivity index (χ0v) is 15.6. The summed E-state index contributed by atoms with van der Waals surface area (Å²) in [5.41, 5.74) is 0. The fourth-order valence-electron chi connectivity index (χ4n) is 3.15. The number of carbonyl (C=O) groups excluding carboxylic acids is 1. The van der Waals surface area contributed by atoms with Crippen LogP contribution in [0.3, 0.4) is 0 Å². The number of rotatable bonds is 6. The van der Waals surface area contributed by atoms with Gasteiger partial charge in [0.1, 0.15) is 12.7 Å². The van der Waals surface area contributed by atoms with E-state index in [1.807, 2.05) is 29.2 Å². The van der Waals surface area contributed by atoms with Crippen molar-refractivity contribution in [1.29, 1.82) is 0 Å².